The van der Waals surface area contributed by atoms with Crippen LogP contribution in [0.15, 0.2) is 23.1 Å². The molecule has 0 saturated heterocycles. The summed E-state index contributed by atoms with van der Waals surface area (Å²) in [5, 5.41) is 0. The summed E-state index contributed by atoms with van der Waals surface area (Å²) in [5.41, 5.74) is 6.11. The molecule has 1 aromatic carbocycles. The van der Waals surface area contributed by atoms with Crippen molar-refractivity contribution in [2.24, 2.45) is 0 Å². The molecule has 0 radical (unpaired) electrons. The van der Waals surface area contributed by atoms with Gasteiger partial charge in [0.2, 0.25) is 10.0 Å². The van der Waals surface area contributed by atoms with Crippen molar-refractivity contribution < 1.29 is 17.9 Å². The molecule has 0 spiro atoms. The predicted octanol–water partition coefficient (Wildman–Crippen LogP) is 1.71. The molecule has 1 aromatic rings. The van der Waals surface area contributed by atoms with Gasteiger partial charge in [-0.05, 0) is 32.0 Å². The van der Waals surface area contributed by atoms with E-state index < -0.39 is 10.0 Å². The molecule has 0 heterocycles. The standard InChI is InChI=1S/C14H24N2O4S/c1-4-16(9-10-19-5-2)21(17,18)14-11-12(15)7-8-13(14)20-6-3/h7-8,11H,4-6,9-10,15H2,1-3H3. The molecule has 2 N–H and O–H groups in total. The first-order valence-electron chi connectivity index (χ1n) is 7.07. The van der Waals surface area contributed by atoms with Crippen LogP contribution in [0.2, 0.25) is 0 Å². The molecular formula is C14H24N2O4S. The van der Waals surface area contributed by atoms with E-state index in [2.05, 4.69) is 0 Å². The smallest absolute Gasteiger partial charge is 0.246 e. The van der Waals surface area contributed by atoms with E-state index in [1.165, 1.54) is 10.4 Å². The minimum absolute atomic E-state index is 0.0997. The Morgan fingerprint density at radius 2 is 1.90 bits per heavy atom. The average molecular weight is 316 g/mol. The molecule has 0 amide bonds. The van der Waals surface area contributed by atoms with Gasteiger partial charge in [-0.1, -0.05) is 6.92 Å². The van der Waals surface area contributed by atoms with Gasteiger partial charge in [-0.15, -0.1) is 0 Å². The average Bonchev–Trinajstić information content (AvgIpc) is 2.45. The lowest BCUT2D eigenvalue weighted by Gasteiger charge is -2.22. The lowest BCUT2D eigenvalue weighted by molar-refractivity contribution is 0.135. The Morgan fingerprint density at radius 1 is 1.19 bits per heavy atom. The van der Waals surface area contributed by atoms with Crippen LogP contribution in [0.3, 0.4) is 0 Å². The number of anilines is 1. The zero-order chi connectivity index (χ0) is 15.9. The fourth-order valence-corrected chi connectivity index (χ4v) is 3.50. The lowest BCUT2D eigenvalue weighted by Crippen LogP contribution is -2.34. The van der Waals surface area contributed by atoms with Gasteiger partial charge in [-0.3, -0.25) is 0 Å². The molecule has 0 aliphatic carbocycles. The van der Waals surface area contributed by atoms with Crippen LogP contribution in [0.5, 0.6) is 5.75 Å². The maximum Gasteiger partial charge on any atom is 0.246 e. The monoisotopic (exact) mass is 316 g/mol. The summed E-state index contributed by atoms with van der Waals surface area (Å²) in [4.78, 5) is 0.0997. The highest BCUT2D eigenvalue weighted by Crippen LogP contribution is 2.28. The summed E-state index contributed by atoms with van der Waals surface area (Å²) >= 11 is 0. The zero-order valence-corrected chi connectivity index (χ0v) is 13.6. The highest BCUT2D eigenvalue weighted by atomic mass is 32.2. The number of nitrogens with zero attached hydrogens (tertiary/aromatic N) is 1. The van der Waals surface area contributed by atoms with Crippen molar-refractivity contribution in [3.05, 3.63) is 18.2 Å². The van der Waals surface area contributed by atoms with E-state index >= 15 is 0 Å². The number of hydrogen-bond donors (Lipinski definition) is 1. The fourth-order valence-electron chi connectivity index (χ4n) is 1.90. The van der Waals surface area contributed by atoms with Crippen molar-refractivity contribution >= 4 is 15.7 Å². The molecule has 1 rings (SSSR count). The van der Waals surface area contributed by atoms with Gasteiger partial charge in [0.05, 0.1) is 13.2 Å². The van der Waals surface area contributed by atoms with Gasteiger partial charge >= 0.3 is 0 Å². The molecule has 0 fully saturated rings. The summed E-state index contributed by atoms with van der Waals surface area (Å²) in [7, 11) is -3.66. The molecule has 0 aromatic heterocycles. The minimum Gasteiger partial charge on any atom is -0.492 e. The van der Waals surface area contributed by atoms with Crippen LogP contribution >= 0.6 is 0 Å². The third-order valence-electron chi connectivity index (χ3n) is 2.93. The van der Waals surface area contributed by atoms with Crippen LogP contribution in [-0.4, -0.2) is 45.6 Å². The zero-order valence-electron chi connectivity index (χ0n) is 12.8. The maximum absolute atomic E-state index is 12.7. The van der Waals surface area contributed by atoms with Crippen LogP contribution in [0.1, 0.15) is 20.8 Å². The number of likely N-dealkylation sites (N-methyl/N-ethyl adjacent to an activating group) is 1. The molecule has 7 heteroatoms. The Hall–Kier alpha value is -1.31. The van der Waals surface area contributed by atoms with E-state index in [0.29, 0.717) is 44.3 Å². The molecule has 120 valence electrons. The number of ether oxygens (including phenoxy) is 2. The topological polar surface area (TPSA) is 81.9 Å². The summed E-state index contributed by atoms with van der Waals surface area (Å²) < 4.78 is 37.5. The van der Waals surface area contributed by atoms with Gasteiger partial charge in [-0.2, -0.15) is 4.31 Å². The van der Waals surface area contributed by atoms with Crippen molar-refractivity contribution in [2.45, 2.75) is 25.7 Å². The molecule has 6 nitrogen and oxygen atoms in total. The van der Waals surface area contributed by atoms with Gasteiger partial charge in [-0.25, -0.2) is 8.42 Å². The van der Waals surface area contributed by atoms with Gasteiger partial charge in [0.25, 0.3) is 0 Å². The first kappa shape index (κ1) is 17.7. The Morgan fingerprint density at radius 3 is 2.48 bits per heavy atom. The third-order valence-corrected chi connectivity index (χ3v) is 4.92. The number of hydrogen-bond acceptors (Lipinski definition) is 5. The van der Waals surface area contributed by atoms with Crippen LogP contribution in [0.4, 0.5) is 5.69 Å². The van der Waals surface area contributed by atoms with E-state index in [1.54, 1.807) is 26.0 Å². The highest BCUT2D eigenvalue weighted by Gasteiger charge is 2.26. The molecule has 0 saturated carbocycles. The van der Waals surface area contributed by atoms with Gasteiger partial charge < -0.3 is 15.2 Å². The minimum atomic E-state index is -3.66. The first-order chi connectivity index (χ1) is 9.97. The van der Waals surface area contributed by atoms with Gasteiger partial charge in [0.1, 0.15) is 10.6 Å². The van der Waals surface area contributed by atoms with Gasteiger partial charge in [0, 0.05) is 25.4 Å². The Balaban J connectivity index is 3.12. The van der Waals surface area contributed by atoms with Crippen LogP contribution in [0.25, 0.3) is 0 Å². The maximum atomic E-state index is 12.7. The summed E-state index contributed by atoms with van der Waals surface area (Å²) in [6, 6.07) is 4.65. The van der Waals surface area contributed by atoms with Crippen molar-refractivity contribution in [3.63, 3.8) is 0 Å². The third kappa shape index (κ3) is 4.59. The number of rotatable bonds is 9. The van der Waals surface area contributed by atoms with Crippen LogP contribution in [0, 0.1) is 0 Å². The highest BCUT2D eigenvalue weighted by molar-refractivity contribution is 7.89. The summed E-state index contributed by atoms with van der Waals surface area (Å²) in [5.74, 6) is 0.321. The predicted molar refractivity (Wildman–Crippen MR) is 82.9 cm³/mol. The quantitative estimate of drug-likeness (QED) is 0.554. The molecular weight excluding hydrogens is 292 g/mol. The second-order valence-corrected chi connectivity index (χ2v) is 6.24. The summed E-state index contributed by atoms with van der Waals surface area (Å²) in [6.45, 7) is 7.42. The second kappa shape index (κ2) is 8.21. The number of sulfonamides is 1. The number of nitrogen functional groups attached to an aromatic ring is 1. The first-order valence-corrected chi connectivity index (χ1v) is 8.51. The fraction of sp³-hybridized carbons (Fsp3) is 0.571. The number of nitrogens with two attached hydrogens (primary N) is 1. The van der Waals surface area contributed by atoms with Crippen LogP contribution < -0.4 is 10.5 Å². The summed E-state index contributed by atoms with van der Waals surface area (Å²) in [6.07, 6.45) is 0. The van der Waals surface area contributed by atoms with Crippen LogP contribution in [-0.2, 0) is 14.8 Å². The van der Waals surface area contributed by atoms with Crippen molar-refractivity contribution in [1.29, 1.82) is 0 Å². The Kier molecular flexibility index (Phi) is 6.94. The number of benzene rings is 1. The second-order valence-electron chi connectivity index (χ2n) is 4.33. The van der Waals surface area contributed by atoms with E-state index in [9.17, 15) is 8.42 Å². The van der Waals surface area contributed by atoms with Crippen molar-refractivity contribution in [1.82, 2.24) is 4.31 Å². The normalized spacial score (nSPS) is 11.8. The largest absolute Gasteiger partial charge is 0.492 e. The van der Waals surface area contributed by atoms with Gasteiger partial charge in [0.15, 0.2) is 0 Å². The van der Waals surface area contributed by atoms with E-state index in [1.807, 2.05) is 6.92 Å². The van der Waals surface area contributed by atoms with Crippen molar-refractivity contribution in [2.75, 3.05) is 38.6 Å². The lowest BCUT2D eigenvalue weighted by atomic mass is 10.3. The van der Waals surface area contributed by atoms with E-state index in [-0.39, 0.29) is 4.90 Å². The molecule has 21 heavy (non-hydrogen) atoms. The van der Waals surface area contributed by atoms with E-state index in [0.717, 1.165) is 0 Å². The Bertz CT molecular complexity index is 546. The SMILES string of the molecule is CCOCCN(CC)S(=O)(=O)c1cc(N)ccc1OCC. The Labute approximate surface area is 126 Å². The molecule has 0 unspecified atom stereocenters. The molecule has 0 bridgehead atoms. The molecule has 0 aliphatic heterocycles. The molecule has 0 atom stereocenters. The molecule has 0 aliphatic rings. The van der Waals surface area contributed by atoms with E-state index in [4.69, 9.17) is 15.2 Å². The van der Waals surface area contributed by atoms with Crippen molar-refractivity contribution in [3.8, 4) is 5.75 Å².